The summed E-state index contributed by atoms with van der Waals surface area (Å²) in [6.07, 6.45) is 3.40. The van der Waals surface area contributed by atoms with Gasteiger partial charge in [-0.15, -0.1) is 0 Å². The first-order valence-corrected chi connectivity index (χ1v) is 4.83. The predicted molar refractivity (Wildman–Crippen MR) is 52.4 cm³/mol. The van der Waals surface area contributed by atoms with Gasteiger partial charge in [0, 0.05) is 20.1 Å². The summed E-state index contributed by atoms with van der Waals surface area (Å²) in [4.78, 5) is 12.9. The number of carbonyl (C=O) groups is 1. The van der Waals surface area contributed by atoms with E-state index >= 15 is 0 Å². The monoisotopic (exact) mass is 185 g/mol. The Kier molecular flexibility index (Phi) is 3.54. The SMILES string of the molecule is CN(C)C(=O)NC1CCCC1CN. The molecule has 1 fully saturated rings. The van der Waals surface area contributed by atoms with E-state index in [0.29, 0.717) is 18.5 Å². The molecule has 3 N–H and O–H groups in total. The zero-order valence-electron chi connectivity index (χ0n) is 8.42. The molecular formula is C9H19N3O. The van der Waals surface area contributed by atoms with E-state index in [-0.39, 0.29) is 6.03 Å². The van der Waals surface area contributed by atoms with Gasteiger partial charge >= 0.3 is 6.03 Å². The molecule has 0 bridgehead atoms. The Morgan fingerprint density at radius 2 is 2.23 bits per heavy atom. The van der Waals surface area contributed by atoms with E-state index in [4.69, 9.17) is 5.73 Å². The minimum atomic E-state index is -0.00894. The third-order valence-corrected chi connectivity index (χ3v) is 2.68. The minimum absolute atomic E-state index is 0.00894. The van der Waals surface area contributed by atoms with Crippen LogP contribution in [-0.2, 0) is 0 Å². The Labute approximate surface area is 79.5 Å². The first-order valence-electron chi connectivity index (χ1n) is 4.83. The lowest BCUT2D eigenvalue weighted by atomic mass is 10.0. The van der Waals surface area contributed by atoms with Gasteiger partial charge in [0.1, 0.15) is 0 Å². The molecule has 0 aromatic carbocycles. The molecule has 0 spiro atoms. The van der Waals surface area contributed by atoms with E-state index in [1.807, 2.05) is 0 Å². The Hall–Kier alpha value is -0.770. The smallest absolute Gasteiger partial charge is 0.317 e. The quantitative estimate of drug-likeness (QED) is 0.653. The molecule has 1 rings (SSSR count). The molecule has 2 atom stereocenters. The molecule has 4 heteroatoms. The lowest BCUT2D eigenvalue weighted by molar-refractivity contribution is 0.210. The maximum Gasteiger partial charge on any atom is 0.317 e. The van der Waals surface area contributed by atoms with E-state index in [9.17, 15) is 4.79 Å². The van der Waals surface area contributed by atoms with Gasteiger partial charge in [0.15, 0.2) is 0 Å². The number of nitrogens with two attached hydrogens (primary N) is 1. The molecule has 0 radical (unpaired) electrons. The van der Waals surface area contributed by atoms with Crippen LogP contribution in [0.15, 0.2) is 0 Å². The molecule has 2 amide bonds. The van der Waals surface area contributed by atoms with Crippen molar-refractivity contribution in [2.75, 3.05) is 20.6 Å². The number of nitrogens with one attached hydrogen (secondary N) is 1. The van der Waals surface area contributed by atoms with Crippen molar-refractivity contribution >= 4 is 6.03 Å². The molecule has 0 aromatic rings. The maximum atomic E-state index is 11.3. The van der Waals surface area contributed by atoms with Gasteiger partial charge in [-0.2, -0.15) is 0 Å². The number of hydrogen-bond donors (Lipinski definition) is 2. The lowest BCUT2D eigenvalue weighted by Crippen LogP contribution is -2.44. The Balaban J connectivity index is 2.39. The second-order valence-corrected chi connectivity index (χ2v) is 3.88. The second-order valence-electron chi connectivity index (χ2n) is 3.88. The molecule has 0 aliphatic heterocycles. The van der Waals surface area contributed by atoms with Gasteiger partial charge < -0.3 is 16.0 Å². The van der Waals surface area contributed by atoms with Crippen LogP contribution in [0, 0.1) is 5.92 Å². The summed E-state index contributed by atoms with van der Waals surface area (Å²) in [6, 6.07) is 0.283. The number of nitrogens with zero attached hydrogens (tertiary/aromatic N) is 1. The fourth-order valence-corrected chi connectivity index (χ4v) is 1.80. The van der Waals surface area contributed by atoms with Gasteiger partial charge in [-0.05, 0) is 25.3 Å². The van der Waals surface area contributed by atoms with Crippen LogP contribution in [0.3, 0.4) is 0 Å². The van der Waals surface area contributed by atoms with Crippen molar-refractivity contribution in [3.05, 3.63) is 0 Å². The molecule has 0 saturated heterocycles. The van der Waals surface area contributed by atoms with Gasteiger partial charge in [0.05, 0.1) is 0 Å². The number of carbonyl (C=O) groups excluding carboxylic acids is 1. The van der Waals surface area contributed by atoms with Crippen molar-refractivity contribution in [3.8, 4) is 0 Å². The van der Waals surface area contributed by atoms with Crippen molar-refractivity contribution < 1.29 is 4.79 Å². The van der Waals surface area contributed by atoms with Crippen LogP contribution in [0.1, 0.15) is 19.3 Å². The van der Waals surface area contributed by atoms with Crippen LogP contribution >= 0.6 is 0 Å². The topological polar surface area (TPSA) is 58.4 Å². The predicted octanol–water partition coefficient (Wildman–Crippen LogP) is 0.385. The molecule has 13 heavy (non-hydrogen) atoms. The minimum Gasteiger partial charge on any atom is -0.335 e. The van der Waals surface area contributed by atoms with Crippen LogP contribution in [0.5, 0.6) is 0 Å². The van der Waals surface area contributed by atoms with E-state index in [1.54, 1.807) is 19.0 Å². The highest BCUT2D eigenvalue weighted by Crippen LogP contribution is 2.24. The number of amides is 2. The number of rotatable bonds is 2. The maximum absolute atomic E-state index is 11.3. The van der Waals surface area contributed by atoms with Crippen molar-refractivity contribution in [2.45, 2.75) is 25.3 Å². The summed E-state index contributed by atoms with van der Waals surface area (Å²) in [5.74, 6) is 0.476. The van der Waals surface area contributed by atoms with E-state index in [0.717, 1.165) is 12.8 Å². The van der Waals surface area contributed by atoms with Crippen molar-refractivity contribution in [2.24, 2.45) is 11.7 Å². The molecular weight excluding hydrogens is 166 g/mol. The molecule has 76 valence electrons. The molecule has 1 aliphatic rings. The average molecular weight is 185 g/mol. The highest BCUT2D eigenvalue weighted by molar-refractivity contribution is 5.73. The van der Waals surface area contributed by atoms with Gasteiger partial charge in [-0.1, -0.05) is 6.42 Å². The number of urea groups is 1. The standard InChI is InChI=1S/C9H19N3O/c1-12(2)9(13)11-8-5-3-4-7(8)6-10/h7-8H,3-6,10H2,1-2H3,(H,11,13). The summed E-state index contributed by atoms with van der Waals surface area (Å²) in [6.45, 7) is 0.679. The summed E-state index contributed by atoms with van der Waals surface area (Å²) in [5.41, 5.74) is 5.61. The molecule has 0 aromatic heterocycles. The average Bonchev–Trinajstić information content (AvgIpc) is 2.51. The van der Waals surface area contributed by atoms with Gasteiger partial charge in [-0.25, -0.2) is 4.79 Å². The number of hydrogen-bond acceptors (Lipinski definition) is 2. The summed E-state index contributed by atoms with van der Waals surface area (Å²) >= 11 is 0. The third kappa shape index (κ3) is 2.59. The van der Waals surface area contributed by atoms with Crippen LogP contribution in [0.4, 0.5) is 4.79 Å². The van der Waals surface area contributed by atoms with Crippen LogP contribution < -0.4 is 11.1 Å². The molecule has 1 aliphatic carbocycles. The van der Waals surface area contributed by atoms with Crippen molar-refractivity contribution in [1.82, 2.24) is 10.2 Å². The summed E-state index contributed by atoms with van der Waals surface area (Å²) in [5, 5.41) is 2.99. The molecule has 0 heterocycles. The second kappa shape index (κ2) is 4.46. The van der Waals surface area contributed by atoms with Crippen molar-refractivity contribution in [1.29, 1.82) is 0 Å². The van der Waals surface area contributed by atoms with Gasteiger partial charge in [0.2, 0.25) is 0 Å². The summed E-state index contributed by atoms with van der Waals surface area (Å²) < 4.78 is 0. The molecule has 1 saturated carbocycles. The summed E-state index contributed by atoms with van der Waals surface area (Å²) in [7, 11) is 3.50. The fourth-order valence-electron chi connectivity index (χ4n) is 1.80. The zero-order valence-corrected chi connectivity index (χ0v) is 8.42. The Morgan fingerprint density at radius 1 is 1.54 bits per heavy atom. The van der Waals surface area contributed by atoms with E-state index in [2.05, 4.69) is 5.32 Å². The van der Waals surface area contributed by atoms with Crippen LogP contribution in [0.2, 0.25) is 0 Å². The zero-order chi connectivity index (χ0) is 9.84. The highest BCUT2D eigenvalue weighted by Gasteiger charge is 2.27. The largest absolute Gasteiger partial charge is 0.335 e. The van der Waals surface area contributed by atoms with Crippen LogP contribution in [0.25, 0.3) is 0 Å². The molecule has 4 nitrogen and oxygen atoms in total. The van der Waals surface area contributed by atoms with E-state index < -0.39 is 0 Å². The van der Waals surface area contributed by atoms with Gasteiger partial charge in [-0.3, -0.25) is 0 Å². The normalized spacial score (nSPS) is 27.3. The fraction of sp³-hybridized carbons (Fsp3) is 0.889. The highest BCUT2D eigenvalue weighted by atomic mass is 16.2. The molecule has 2 unspecified atom stereocenters. The first-order chi connectivity index (χ1) is 6.15. The Morgan fingerprint density at radius 3 is 2.77 bits per heavy atom. The Bertz CT molecular complexity index is 182. The van der Waals surface area contributed by atoms with Crippen molar-refractivity contribution in [3.63, 3.8) is 0 Å². The van der Waals surface area contributed by atoms with E-state index in [1.165, 1.54) is 6.42 Å². The first kappa shape index (κ1) is 10.3. The lowest BCUT2D eigenvalue weighted by Gasteiger charge is -2.21. The third-order valence-electron chi connectivity index (χ3n) is 2.68. The van der Waals surface area contributed by atoms with Crippen LogP contribution in [-0.4, -0.2) is 37.6 Å². The van der Waals surface area contributed by atoms with Gasteiger partial charge in [0.25, 0.3) is 0 Å².